The first-order valence-corrected chi connectivity index (χ1v) is 7.49. The van der Waals surface area contributed by atoms with Crippen LogP contribution in [0.5, 0.6) is 0 Å². The maximum absolute atomic E-state index is 12.0. The molecule has 0 saturated carbocycles. The lowest BCUT2D eigenvalue weighted by molar-refractivity contribution is -0.121. The smallest absolute Gasteiger partial charge is 0.265 e. The molecule has 0 atom stereocenters. The molecule has 0 aliphatic rings. The van der Waals surface area contributed by atoms with Gasteiger partial charge in [-0.3, -0.25) is 4.79 Å². The second-order valence-electron chi connectivity index (χ2n) is 4.88. The molecule has 6 nitrogen and oxygen atoms in total. The molecule has 0 bridgehead atoms. The maximum atomic E-state index is 12.0. The lowest BCUT2D eigenvalue weighted by Crippen LogP contribution is -2.26. The number of carbonyl (C=O) groups excluding carboxylic acids is 1. The van der Waals surface area contributed by atoms with Crippen LogP contribution in [0, 0.1) is 6.92 Å². The van der Waals surface area contributed by atoms with Crippen molar-refractivity contribution in [3.8, 4) is 0 Å². The molecule has 0 saturated heterocycles. The van der Waals surface area contributed by atoms with Crippen LogP contribution in [0.25, 0.3) is 11.0 Å². The fourth-order valence-electron chi connectivity index (χ4n) is 2.04. The topological polar surface area (TPSA) is 69.0 Å². The Morgan fingerprint density at radius 3 is 2.74 bits per heavy atom. The number of amides is 1. The first-order chi connectivity index (χ1) is 11.0. The van der Waals surface area contributed by atoms with Crippen molar-refractivity contribution in [1.82, 2.24) is 15.2 Å². The molecule has 0 aliphatic heterocycles. The number of nitrogens with one attached hydrogen (secondary N) is 1. The molecule has 23 heavy (non-hydrogen) atoms. The third-order valence-electron chi connectivity index (χ3n) is 3.16. The normalized spacial score (nSPS) is 10.7. The summed E-state index contributed by atoms with van der Waals surface area (Å²) < 4.78 is 0. The van der Waals surface area contributed by atoms with Crippen LogP contribution >= 0.6 is 23.2 Å². The number of aromatic nitrogens is 3. The molecule has 3 aromatic rings. The molecule has 8 heteroatoms. The summed E-state index contributed by atoms with van der Waals surface area (Å²) in [6, 6.07) is 10.3. The van der Waals surface area contributed by atoms with E-state index in [1.54, 1.807) is 36.4 Å². The molecule has 0 unspecified atom stereocenters. The molecule has 2 aromatic carbocycles. The van der Waals surface area contributed by atoms with E-state index in [0.29, 0.717) is 26.8 Å². The van der Waals surface area contributed by atoms with E-state index in [1.807, 2.05) is 6.92 Å². The van der Waals surface area contributed by atoms with Gasteiger partial charge in [0.1, 0.15) is 11.0 Å². The zero-order chi connectivity index (χ0) is 16.4. The van der Waals surface area contributed by atoms with Crippen molar-refractivity contribution in [1.29, 1.82) is 0 Å². The Kier molecular flexibility index (Phi) is 4.36. The highest BCUT2D eigenvalue weighted by Gasteiger charge is 2.10. The summed E-state index contributed by atoms with van der Waals surface area (Å²) in [5, 5.41) is 11.7. The minimum atomic E-state index is -0.318. The highest BCUT2D eigenvalue weighted by Crippen LogP contribution is 2.19. The molecular formula is C15H12Cl2N4O2. The van der Waals surface area contributed by atoms with Gasteiger partial charge in [0.05, 0.1) is 0 Å². The SMILES string of the molecule is Cc1cc(Cl)ccc1NC(=O)COn1nnc2ccc(Cl)cc21. The van der Waals surface area contributed by atoms with E-state index in [1.165, 1.54) is 4.85 Å². The number of anilines is 1. The van der Waals surface area contributed by atoms with Crippen LogP contribution < -0.4 is 10.2 Å². The molecule has 0 radical (unpaired) electrons. The first kappa shape index (κ1) is 15.6. The number of nitrogens with zero attached hydrogens (tertiary/aromatic N) is 3. The second-order valence-corrected chi connectivity index (χ2v) is 5.75. The molecule has 0 spiro atoms. The summed E-state index contributed by atoms with van der Waals surface area (Å²) in [4.78, 5) is 18.5. The van der Waals surface area contributed by atoms with Crippen LogP contribution in [-0.4, -0.2) is 27.7 Å². The Labute approximate surface area is 141 Å². The number of fused-ring (bicyclic) bond motifs is 1. The van der Waals surface area contributed by atoms with Gasteiger partial charge in [-0.05, 0) is 54.1 Å². The summed E-state index contributed by atoms with van der Waals surface area (Å²) in [6.45, 7) is 1.64. The van der Waals surface area contributed by atoms with E-state index >= 15 is 0 Å². The van der Waals surface area contributed by atoms with Crippen LogP contribution in [0.15, 0.2) is 36.4 Å². The zero-order valence-corrected chi connectivity index (χ0v) is 13.6. The highest BCUT2D eigenvalue weighted by atomic mass is 35.5. The Morgan fingerprint density at radius 1 is 1.22 bits per heavy atom. The largest absolute Gasteiger partial charge is 0.385 e. The molecule has 0 aliphatic carbocycles. The van der Waals surface area contributed by atoms with Gasteiger partial charge in [0.15, 0.2) is 6.61 Å². The minimum absolute atomic E-state index is 0.215. The van der Waals surface area contributed by atoms with Crippen molar-refractivity contribution < 1.29 is 9.63 Å². The number of hydrogen-bond acceptors (Lipinski definition) is 4. The van der Waals surface area contributed by atoms with Crippen LogP contribution in [-0.2, 0) is 4.79 Å². The molecule has 1 aromatic heterocycles. The monoisotopic (exact) mass is 350 g/mol. The summed E-state index contributed by atoms with van der Waals surface area (Å²) in [5.74, 6) is -0.318. The van der Waals surface area contributed by atoms with Gasteiger partial charge in [0, 0.05) is 15.7 Å². The standard InChI is InChI=1S/C15H12Cl2N4O2/c1-9-6-10(16)2-4-12(9)18-15(22)8-23-21-14-7-11(17)3-5-13(14)19-20-21/h2-7H,8H2,1H3,(H,18,22). The average Bonchev–Trinajstić information content (AvgIpc) is 2.90. The maximum Gasteiger partial charge on any atom is 0.265 e. The zero-order valence-electron chi connectivity index (χ0n) is 12.1. The highest BCUT2D eigenvalue weighted by molar-refractivity contribution is 6.31. The number of halogens is 2. The van der Waals surface area contributed by atoms with E-state index in [2.05, 4.69) is 15.6 Å². The Hall–Kier alpha value is -2.31. The van der Waals surface area contributed by atoms with Crippen LogP contribution in [0.4, 0.5) is 5.69 Å². The van der Waals surface area contributed by atoms with Crippen molar-refractivity contribution >= 4 is 45.8 Å². The van der Waals surface area contributed by atoms with Gasteiger partial charge in [-0.2, -0.15) is 0 Å². The number of hydrogen-bond donors (Lipinski definition) is 1. The van der Waals surface area contributed by atoms with Crippen molar-refractivity contribution in [2.45, 2.75) is 6.92 Å². The van der Waals surface area contributed by atoms with E-state index < -0.39 is 0 Å². The van der Waals surface area contributed by atoms with Gasteiger partial charge < -0.3 is 10.2 Å². The molecule has 1 heterocycles. The molecule has 0 fully saturated rings. The van der Waals surface area contributed by atoms with Gasteiger partial charge in [0.25, 0.3) is 5.91 Å². The lowest BCUT2D eigenvalue weighted by Gasteiger charge is -2.09. The third kappa shape index (κ3) is 3.55. The Morgan fingerprint density at radius 2 is 1.96 bits per heavy atom. The number of carbonyl (C=O) groups is 1. The number of benzene rings is 2. The quantitative estimate of drug-likeness (QED) is 0.784. The van der Waals surface area contributed by atoms with Gasteiger partial charge >= 0.3 is 0 Å². The molecule has 3 rings (SSSR count). The van der Waals surface area contributed by atoms with Crippen molar-refractivity contribution in [3.63, 3.8) is 0 Å². The predicted octanol–water partition coefficient (Wildman–Crippen LogP) is 3.11. The van der Waals surface area contributed by atoms with E-state index in [0.717, 1.165) is 5.56 Å². The lowest BCUT2D eigenvalue weighted by atomic mass is 10.2. The Balaban J connectivity index is 1.67. The van der Waals surface area contributed by atoms with Crippen LogP contribution in [0.1, 0.15) is 5.56 Å². The predicted molar refractivity (Wildman–Crippen MR) is 88.8 cm³/mol. The van der Waals surface area contributed by atoms with Gasteiger partial charge in [-0.1, -0.05) is 28.0 Å². The summed E-state index contributed by atoms with van der Waals surface area (Å²) >= 11 is 11.8. The van der Waals surface area contributed by atoms with E-state index in [9.17, 15) is 4.79 Å². The fraction of sp³-hybridized carbons (Fsp3) is 0.133. The van der Waals surface area contributed by atoms with Gasteiger partial charge in [-0.25, -0.2) is 0 Å². The van der Waals surface area contributed by atoms with Gasteiger partial charge in [-0.15, -0.1) is 5.10 Å². The fourth-order valence-corrected chi connectivity index (χ4v) is 2.43. The Bertz CT molecular complexity index is 879. The van der Waals surface area contributed by atoms with Crippen molar-refractivity contribution in [2.75, 3.05) is 11.9 Å². The number of rotatable bonds is 4. The van der Waals surface area contributed by atoms with Gasteiger partial charge in [0.2, 0.25) is 0 Å². The molecule has 1 N–H and O–H groups in total. The van der Waals surface area contributed by atoms with E-state index in [4.69, 9.17) is 28.0 Å². The summed E-state index contributed by atoms with van der Waals surface area (Å²) in [6.07, 6.45) is 0. The first-order valence-electron chi connectivity index (χ1n) is 6.73. The summed E-state index contributed by atoms with van der Waals surface area (Å²) in [5.41, 5.74) is 2.76. The van der Waals surface area contributed by atoms with Crippen molar-refractivity contribution in [3.05, 3.63) is 52.0 Å². The minimum Gasteiger partial charge on any atom is -0.385 e. The van der Waals surface area contributed by atoms with Crippen LogP contribution in [0.2, 0.25) is 10.0 Å². The number of aryl methyl sites for hydroxylation is 1. The van der Waals surface area contributed by atoms with Crippen molar-refractivity contribution in [2.24, 2.45) is 0 Å². The third-order valence-corrected chi connectivity index (χ3v) is 3.63. The second kappa shape index (κ2) is 6.44. The molecule has 118 valence electrons. The van der Waals surface area contributed by atoms with Crippen LogP contribution in [0.3, 0.4) is 0 Å². The van der Waals surface area contributed by atoms with E-state index in [-0.39, 0.29) is 12.5 Å². The summed E-state index contributed by atoms with van der Waals surface area (Å²) in [7, 11) is 0. The average molecular weight is 351 g/mol. The molecular weight excluding hydrogens is 339 g/mol. The molecule has 1 amide bonds.